The molecule has 42 nitrogen and oxygen atoms in total. The number of nitrogens with two attached hydrogens (primary N) is 1. The van der Waals surface area contributed by atoms with Crippen molar-refractivity contribution < 1.29 is 162 Å². The van der Waals surface area contributed by atoms with Gasteiger partial charge in [-0.25, -0.2) is 4.79 Å². The molecule has 9 aromatic rings. The Morgan fingerprint density at radius 1 is 0.476 bits per heavy atom. The first-order chi connectivity index (χ1) is 68.4. The van der Waals surface area contributed by atoms with Gasteiger partial charge >= 0.3 is 5.97 Å². The summed E-state index contributed by atoms with van der Waals surface area (Å²) in [6, 6.07) is 17.7. The molecule has 3 saturated heterocycles. The number of carbonyl (C=O) groups is 9. The molecule has 0 aromatic heterocycles. The SMILES string of the molecule is CC(=O)N[C@H]1[C@H](O[C@@H]2c3ccc(c(Cl)c3)Oc3cc4cc(c3O[C@@H]3O[C@H](CO)[C@@H](O)[C@H](O)[C@H]3NC(=O)CCCCCCC(C)C)Oc3ccc(cc3-c3ccc(-c5ccccc5)cc3)C[C@H]3NC(=O)[C@H](N)c5ccc(O)c(c5)Oc5cc(O)cc(c5)[C@H](NC3=O)C(=O)N[C@H]4C(=O)N[C@H]3C(=O)N[C@@H]2C(=O)N[C@H](C(=O)O)c2cc(O)cc(O[C@H]4O[C@H](CO)[C@@H](O)[C@H](O)[C@@H]4O)c2-c2cc3ccc2O)O[C@H](CO)[C@@H](O)[C@@H]1O. The summed E-state index contributed by atoms with van der Waals surface area (Å²) in [7, 11) is 0. The molecule has 0 radical (unpaired) electrons. The number of halogens is 1. The van der Waals surface area contributed by atoms with Gasteiger partial charge in [0.1, 0.15) is 156 Å². The lowest BCUT2D eigenvalue weighted by Gasteiger charge is -2.44. The van der Waals surface area contributed by atoms with Crippen LogP contribution in [-0.4, -0.2) is 254 Å². The second-order valence-corrected chi connectivity index (χ2v) is 36.6. The number of amides is 8. The first-order valence-electron chi connectivity index (χ1n) is 46.0. The third-order valence-electron chi connectivity index (χ3n) is 25.7. The molecule has 43 heteroatoms. The number of rotatable bonds is 21. The smallest absolute Gasteiger partial charge is 0.330 e. The van der Waals surface area contributed by atoms with Crippen molar-refractivity contribution in [2.75, 3.05) is 19.8 Å². The van der Waals surface area contributed by atoms with Crippen molar-refractivity contribution in [1.29, 1.82) is 0 Å². The fraction of sp³-hybridized carbons (Fsp3) is 0.370. The number of ether oxygens (including phenoxy) is 9. The quantitative estimate of drug-likeness (QED) is 0.0456. The lowest BCUT2D eigenvalue weighted by Crippen LogP contribution is -2.65. The van der Waals surface area contributed by atoms with Crippen LogP contribution >= 0.6 is 11.6 Å². The molecule has 9 aliphatic heterocycles. The van der Waals surface area contributed by atoms with Crippen molar-refractivity contribution in [2.45, 2.75) is 206 Å². The molecule has 0 spiro atoms. The molecule has 0 saturated carbocycles. The predicted octanol–water partition coefficient (Wildman–Crippen LogP) is 3.70. The van der Waals surface area contributed by atoms with Crippen LogP contribution in [0.25, 0.3) is 33.4 Å². The van der Waals surface area contributed by atoms with Crippen LogP contribution in [0.3, 0.4) is 0 Å². The molecule has 3 fully saturated rings. The Morgan fingerprint density at radius 2 is 1.04 bits per heavy atom. The number of hydrogen-bond donors (Lipinski definition) is 24. The third-order valence-corrected chi connectivity index (χ3v) is 26.0. The molecule has 9 aliphatic rings. The van der Waals surface area contributed by atoms with Gasteiger partial charge in [-0.1, -0.05) is 130 Å². The Morgan fingerprint density at radius 3 is 1.70 bits per heavy atom. The molecule has 0 aliphatic carbocycles. The van der Waals surface area contributed by atoms with Gasteiger partial charge < -0.3 is 167 Å². The summed E-state index contributed by atoms with van der Waals surface area (Å²) in [4.78, 5) is 141. The maximum absolute atomic E-state index is 17.4. The van der Waals surface area contributed by atoms with Crippen molar-refractivity contribution in [3.8, 4) is 102 Å². The molecule has 23 atom stereocenters. The van der Waals surface area contributed by atoms with Gasteiger partial charge in [-0.2, -0.15) is 0 Å². The van der Waals surface area contributed by atoms with Gasteiger partial charge in [-0.3, -0.25) is 38.4 Å². The summed E-state index contributed by atoms with van der Waals surface area (Å²) in [5, 5.41) is 193. The number of carbonyl (C=O) groups excluding carboxylic acids is 8. The van der Waals surface area contributed by atoms with Crippen LogP contribution < -0.4 is 72.0 Å². The molecule has 756 valence electrons. The minimum absolute atomic E-state index is 0.0343. The average Bonchev–Trinajstić information content (AvgIpc) is 0.754. The molecule has 18 rings (SSSR count). The van der Waals surface area contributed by atoms with Crippen molar-refractivity contribution in [3.63, 3.8) is 0 Å². The van der Waals surface area contributed by atoms with Crippen molar-refractivity contribution >= 4 is 64.8 Å². The van der Waals surface area contributed by atoms with E-state index in [1.165, 1.54) is 24.3 Å². The standard InChI is InChI=1S/C100H106ClN9O33/c1-42(2)11-7-4-5-10-14-72(119)105-80-86(124)83(121)70(40-112)140-99(80)143-90-67-34-52-35-68(90)137-64-26-22-50(32-59(64)101)89(142-98-79(103-43(3)114)85(123)82(120)69(39-111)139-98)81-96(132)109-78(97(133)134)58-37-54(116)38-66(138-100-88(126)87(125)84(122)71(41-113)141-100)73(58)57-31-49(21-23-61(57)117)75(93(129)110-81)107-95(131)77(52)108-94(130)76-51-29-53(115)36-55(30-51)135-65-33-48(20-24-62(65)118)74(102)92(128)104-60(91(127)106-76)28-44-15-25-63(136-67)56(27-44)47-18-16-46(17-19-47)45-12-8-6-9-13-45/h6,8-9,12-13,15-27,29-38,42,60,69-71,74-89,98-100,111-113,115-118,120-126H,4-5,7,10-11,14,28,39-41,102H2,1-3H3,(H,103,114)(H,104,128)(H,105,119)(H,106,127)(H,107,131)(H,108,130)(H,109,132)(H,110,129)(H,133,134)/t60-,69-,70-,71-,74-,75-,76+,77-,78+,79-,80-,81+,82-,83-,84-,85-,86-,87+,88+,89-,98+,99+,100+/m1/s1. The minimum Gasteiger partial charge on any atom is -0.508 e. The monoisotopic (exact) mass is 2000 g/mol. The van der Waals surface area contributed by atoms with Crippen LogP contribution in [0.15, 0.2) is 170 Å². The van der Waals surface area contributed by atoms with E-state index in [1.807, 2.05) is 30.3 Å². The summed E-state index contributed by atoms with van der Waals surface area (Å²) in [5.41, 5.74) is 5.10. The van der Waals surface area contributed by atoms with Crippen molar-refractivity contribution in [2.24, 2.45) is 11.7 Å². The number of aliphatic carboxylic acids is 1. The number of phenolic OH excluding ortho intramolecular Hbond substituents is 4. The molecular formula is C100H106ClN9O33. The predicted molar refractivity (Wildman–Crippen MR) is 499 cm³/mol. The number of carboxylic acids is 1. The van der Waals surface area contributed by atoms with Crippen molar-refractivity contribution in [3.05, 3.63) is 214 Å². The number of nitrogens with one attached hydrogen (secondary N) is 8. The number of carboxylic acid groups (broad SMARTS) is 1. The van der Waals surface area contributed by atoms with Crippen LogP contribution in [0.4, 0.5) is 0 Å². The lowest BCUT2D eigenvalue weighted by molar-refractivity contribution is -0.284. The van der Waals surface area contributed by atoms with Gasteiger partial charge in [0.25, 0.3) is 0 Å². The molecule has 17 bridgehead atoms. The number of unbranched alkanes of at least 4 members (excludes halogenated alkanes) is 3. The van der Waals surface area contributed by atoms with Gasteiger partial charge in [-0.15, -0.1) is 0 Å². The number of aromatic hydroxyl groups is 4. The molecule has 8 amide bonds. The number of aliphatic hydroxyl groups excluding tert-OH is 10. The van der Waals surface area contributed by atoms with Gasteiger partial charge in [0, 0.05) is 54.2 Å². The zero-order valence-electron chi connectivity index (χ0n) is 76.6. The van der Waals surface area contributed by atoms with Crippen molar-refractivity contribution in [1.82, 2.24) is 42.5 Å². The summed E-state index contributed by atoms with van der Waals surface area (Å²) in [6.45, 7) is 1.98. The first kappa shape index (κ1) is 102. The topological polar surface area (TPSA) is 662 Å². The molecule has 25 N–H and O–H groups in total. The number of hydrogen-bond acceptors (Lipinski definition) is 33. The van der Waals surface area contributed by atoms with E-state index in [0.717, 1.165) is 117 Å². The minimum atomic E-state index is -2.60. The van der Waals surface area contributed by atoms with Crippen LogP contribution in [0, 0.1) is 5.92 Å². The maximum atomic E-state index is 17.4. The first-order valence-corrected chi connectivity index (χ1v) is 46.4. The average molecular weight is 2000 g/mol. The number of aliphatic hydroxyl groups is 10. The van der Waals surface area contributed by atoms with E-state index in [2.05, 4.69) is 56.4 Å². The Kier molecular flexibility index (Phi) is 31.0. The highest BCUT2D eigenvalue weighted by molar-refractivity contribution is 6.32. The van der Waals surface area contributed by atoms with Crippen LogP contribution in [0.5, 0.6) is 69.0 Å². The van der Waals surface area contributed by atoms with E-state index in [-0.39, 0.29) is 45.9 Å². The Bertz CT molecular complexity index is 6300. The van der Waals surface area contributed by atoms with E-state index in [1.54, 1.807) is 30.3 Å². The summed E-state index contributed by atoms with van der Waals surface area (Å²) >= 11 is 7.59. The Balaban J connectivity index is 0.978. The van der Waals surface area contributed by atoms with Gasteiger partial charge in [0.2, 0.25) is 65.6 Å². The number of phenols is 4. The van der Waals surface area contributed by atoms with Crippen LogP contribution in [-0.2, 0) is 68.5 Å². The molecule has 143 heavy (non-hydrogen) atoms. The summed E-state index contributed by atoms with van der Waals surface area (Å²) < 4.78 is 58.8. The van der Waals surface area contributed by atoms with E-state index < -0.39 is 310 Å². The molecular weight excluding hydrogens is 1890 g/mol. The molecule has 9 aromatic carbocycles. The maximum Gasteiger partial charge on any atom is 0.330 e. The fourth-order valence-electron chi connectivity index (χ4n) is 18.2. The summed E-state index contributed by atoms with van der Waals surface area (Å²) in [5.74, 6) is -18.8. The Labute approximate surface area is 819 Å². The van der Waals surface area contributed by atoms with Crippen LogP contribution in [0.1, 0.15) is 135 Å². The second-order valence-electron chi connectivity index (χ2n) is 36.2. The van der Waals surface area contributed by atoms with E-state index in [0.29, 0.717) is 29.9 Å². The second kappa shape index (κ2) is 43.5. The number of fused-ring (bicyclic) bond motifs is 14. The zero-order valence-corrected chi connectivity index (χ0v) is 77.4. The zero-order chi connectivity index (χ0) is 102. The lowest BCUT2D eigenvalue weighted by atomic mass is 9.89. The number of benzene rings is 9. The molecule has 0 unspecified atom stereocenters. The van der Waals surface area contributed by atoms with Crippen LogP contribution in [0.2, 0.25) is 5.02 Å². The Hall–Kier alpha value is -13.9. The van der Waals surface area contributed by atoms with Gasteiger partial charge in [0.15, 0.2) is 35.3 Å². The van der Waals surface area contributed by atoms with E-state index >= 15 is 24.0 Å². The van der Waals surface area contributed by atoms with Gasteiger partial charge in [0.05, 0.1) is 24.8 Å². The third kappa shape index (κ3) is 22.2. The van der Waals surface area contributed by atoms with Gasteiger partial charge in [-0.05, 0) is 141 Å². The normalized spacial score (nSPS) is 27.5. The highest BCUT2D eigenvalue weighted by Gasteiger charge is 2.53. The molecule has 9 heterocycles. The van der Waals surface area contributed by atoms with E-state index in [9.17, 15) is 95.8 Å². The summed E-state index contributed by atoms with van der Waals surface area (Å²) in [6.07, 6.45) is -26.0. The highest BCUT2D eigenvalue weighted by atomic mass is 35.5. The highest BCUT2D eigenvalue weighted by Crippen LogP contribution is 2.52. The fourth-order valence-corrected chi connectivity index (χ4v) is 18.4. The van der Waals surface area contributed by atoms with E-state index in [4.69, 9.17) is 60.0 Å². The largest absolute Gasteiger partial charge is 0.508 e.